The van der Waals surface area contributed by atoms with Crippen LogP contribution in [-0.4, -0.2) is 71.9 Å². The average molecular weight is 419 g/mol. The van der Waals surface area contributed by atoms with Gasteiger partial charge >= 0.3 is 0 Å². The summed E-state index contributed by atoms with van der Waals surface area (Å²) in [4.78, 5) is 0. The molecule has 0 amide bonds. The van der Waals surface area contributed by atoms with Crippen LogP contribution in [0, 0.1) is 0 Å². The van der Waals surface area contributed by atoms with Gasteiger partial charge in [-0.15, -0.1) is 0 Å². The summed E-state index contributed by atoms with van der Waals surface area (Å²) >= 11 is 0. The van der Waals surface area contributed by atoms with Crippen molar-refractivity contribution in [3.05, 3.63) is 34.9 Å². The molecule has 0 saturated carbocycles. The lowest BCUT2D eigenvalue weighted by Crippen LogP contribution is -2.32. The average Bonchev–Trinajstić information content (AvgIpc) is 3.26. The molecule has 0 saturated heterocycles. The van der Waals surface area contributed by atoms with Crippen molar-refractivity contribution in [3.63, 3.8) is 0 Å². The molecule has 0 aromatic carbocycles. The predicted octanol–water partition coefficient (Wildman–Crippen LogP) is -1.59. The quantitative estimate of drug-likeness (QED) is 0.304. The molecule has 3 rings (SSSR count). The highest BCUT2D eigenvalue weighted by Crippen LogP contribution is 2.03. The topological polar surface area (TPSA) is 108 Å². The molecule has 0 aliphatic carbocycles. The van der Waals surface area contributed by atoms with Crippen LogP contribution in [-0.2, 0) is 40.3 Å². The largest absolute Gasteiger partial charge is 0.314 e. The smallest absolute Gasteiger partial charge is 0.0765 e. The molecular formula is C20H38N10. The fourth-order valence-corrected chi connectivity index (χ4v) is 3.47. The summed E-state index contributed by atoms with van der Waals surface area (Å²) in [5, 5.41) is 30.0. The van der Waals surface area contributed by atoms with E-state index in [1.54, 1.807) is 0 Å². The molecular weight excluding hydrogens is 380 g/mol. The minimum atomic E-state index is 0.796. The van der Waals surface area contributed by atoms with Crippen LogP contribution < -0.4 is 31.9 Å². The maximum absolute atomic E-state index is 4.60. The lowest BCUT2D eigenvalue weighted by Gasteiger charge is -2.08. The van der Waals surface area contributed by atoms with Gasteiger partial charge in [0.15, 0.2) is 0 Å². The molecule has 6 N–H and O–H groups in total. The van der Waals surface area contributed by atoms with Crippen LogP contribution in [0.1, 0.15) is 22.8 Å². The Balaban J connectivity index is 1.45. The normalized spacial score (nSPS) is 19.3. The Bertz CT molecular complexity index is 678. The molecule has 168 valence electrons. The van der Waals surface area contributed by atoms with Gasteiger partial charge in [-0.3, -0.25) is 9.36 Å². The maximum Gasteiger partial charge on any atom is 0.0765 e. The van der Waals surface area contributed by atoms with E-state index < -0.39 is 0 Å². The van der Waals surface area contributed by atoms with E-state index in [9.17, 15) is 0 Å². The van der Waals surface area contributed by atoms with E-state index in [4.69, 9.17) is 0 Å². The molecule has 1 aliphatic heterocycles. The summed E-state index contributed by atoms with van der Waals surface area (Å²) < 4.78 is 3.94. The highest BCUT2D eigenvalue weighted by Gasteiger charge is 2.06. The summed E-state index contributed by atoms with van der Waals surface area (Å²) in [7, 11) is 4.02. The molecule has 0 atom stereocenters. The van der Waals surface area contributed by atoms with Crippen LogP contribution in [0.15, 0.2) is 12.1 Å². The van der Waals surface area contributed by atoms with Crippen molar-refractivity contribution in [2.45, 2.75) is 26.2 Å². The van der Waals surface area contributed by atoms with E-state index in [0.717, 1.165) is 89.9 Å². The molecule has 0 radical (unpaired) electrons. The molecule has 4 bridgehead atoms. The second kappa shape index (κ2) is 12.8. The van der Waals surface area contributed by atoms with Crippen LogP contribution >= 0.6 is 0 Å². The molecule has 30 heavy (non-hydrogen) atoms. The van der Waals surface area contributed by atoms with Gasteiger partial charge in [-0.1, -0.05) is 0 Å². The fourth-order valence-electron chi connectivity index (χ4n) is 3.47. The monoisotopic (exact) mass is 418 g/mol. The Morgan fingerprint density at radius 1 is 0.533 bits per heavy atom. The van der Waals surface area contributed by atoms with Gasteiger partial charge in [0, 0.05) is 92.6 Å². The first-order valence-electron chi connectivity index (χ1n) is 11.0. The van der Waals surface area contributed by atoms with E-state index in [2.05, 4.69) is 54.2 Å². The first-order chi connectivity index (χ1) is 14.7. The Morgan fingerprint density at radius 3 is 1.27 bits per heavy atom. The van der Waals surface area contributed by atoms with Gasteiger partial charge in [0.1, 0.15) is 0 Å². The third-order valence-electron chi connectivity index (χ3n) is 5.19. The van der Waals surface area contributed by atoms with Crippen LogP contribution in [0.25, 0.3) is 0 Å². The first kappa shape index (κ1) is 22.9. The summed E-state index contributed by atoms with van der Waals surface area (Å²) in [5.41, 5.74) is 4.60. The zero-order valence-corrected chi connectivity index (χ0v) is 18.4. The minimum Gasteiger partial charge on any atom is -0.314 e. The Kier molecular flexibility index (Phi) is 9.74. The Labute approximate surface area is 179 Å². The summed E-state index contributed by atoms with van der Waals surface area (Å²) in [5.74, 6) is 0. The van der Waals surface area contributed by atoms with Crippen molar-refractivity contribution in [2.75, 3.05) is 52.4 Å². The van der Waals surface area contributed by atoms with Gasteiger partial charge < -0.3 is 31.9 Å². The third kappa shape index (κ3) is 7.78. The zero-order chi connectivity index (χ0) is 21.0. The molecule has 0 spiro atoms. The van der Waals surface area contributed by atoms with Gasteiger partial charge in [0.05, 0.1) is 22.8 Å². The standard InChI is InChI=1S/C20H38N10/c1-29-19-11-17(27-29)13-23-7-3-21-4-8-24-14-18-12-20(30(2)28-18)16-26-10-6-22-5-9-25-15-19/h11-12,21-26H,3-10,13-16H2,1-2H3. The van der Waals surface area contributed by atoms with Crippen LogP contribution in [0.3, 0.4) is 0 Å². The molecule has 0 unspecified atom stereocenters. The Morgan fingerprint density at radius 2 is 0.867 bits per heavy atom. The summed E-state index contributed by atoms with van der Waals surface area (Å²) in [6, 6.07) is 4.35. The molecule has 3 heterocycles. The van der Waals surface area contributed by atoms with Crippen LogP contribution in [0.2, 0.25) is 0 Å². The predicted molar refractivity (Wildman–Crippen MR) is 119 cm³/mol. The number of fused-ring (bicyclic) bond motifs is 4. The molecule has 1 aliphatic rings. The molecule has 10 heteroatoms. The van der Waals surface area contributed by atoms with Gasteiger partial charge in [0.25, 0.3) is 0 Å². The van der Waals surface area contributed by atoms with E-state index >= 15 is 0 Å². The van der Waals surface area contributed by atoms with E-state index in [1.165, 1.54) is 11.4 Å². The van der Waals surface area contributed by atoms with Gasteiger partial charge in [-0.05, 0) is 12.1 Å². The molecule has 2 aromatic heterocycles. The van der Waals surface area contributed by atoms with Gasteiger partial charge in [0.2, 0.25) is 0 Å². The number of hydrogen-bond acceptors (Lipinski definition) is 8. The summed E-state index contributed by atoms with van der Waals surface area (Å²) in [6.07, 6.45) is 0. The number of aryl methyl sites for hydroxylation is 2. The third-order valence-corrected chi connectivity index (χ3v) is 5.19. The second-order valence-corrected chi connectivity index (χ2v) is 7.71. The van der Waals surface area contributed by atoms with E-state index in [0.29, 0.717) is 0 Å². The van der Waals surface area contributed by atoms with Crippen molar-refractivity contribution in [3.8, 4) is 0 Å². The van der Waals surface area contributed by atoms with Crippen molar-refractivity contribution in [1.29, 1.82) is 0 Å². The van der Waals surface area contributed by atoms with Crippen molar-refractivity contribution >= 4 is 0 Å². The van der Waals surface area contributed by atoms with Gasteiger partial charge in [-0.2, -0.15) is 10.2 Å². The SMILES string of the molecule is Cn1nc2cc1CNCCNCCNCc1cc(nn1C)CNCCNCCNC2. The lowest BCUT2D eigenvalue weighted by molar-refractivity contribution is 0.556. The van der Waals surface area contributed by atoms with Crippen LogP contribution in [0.5, 0.6) is 0 Å². The first-order valence-corrected chi connectivity index (χ1v) is 11.0. The molecule has 0 fully saturated rings. The molecule has 10 nitrogen and oxygen atoms in total. The lowest BCUT2D eigenvalue weighted by atomic mass is 10.3. The minimum absolute atomic E-state index is 0.796. The number of aromatic nitrogens is 4. The van der Waals surface area contributed by atoms with Gasteiger partial charge in [-0.25, -0.2) is 0 Å². The number of nitrogens with zero attached hydrogens (tertiary/aromatic N) is 4. The number of hydrogen-bond donors (Lipinski definition) is 6. The maximum atomic E-state index is 4.60. The Hall–Kier alpha value is -1.82. The number of rotatable bonds is 0. The second-order valence-electron chi connectivity index (χ2n) is 7.71. The van der Waals surface area contributed by atoms with Crippen molar-refractivity contribution in [1.82, 2.24) is 51.5 Å². The fraction of sp³-hybridized carbons (Fsp3) is 0.700. The van der Waals surface area contributed by atoms with Crippen LogP contribution in [0.4, 0.5) is 0 Å². The molecule has 2 aromatic rings. The van der Waals surface area contributed by atoms with E-state index in [-0.39, 0.29) is 0 Å². The zero-order valence-electron chi connectivity index (χ0n) is 18.4. The highest BCUT2D eigenvalue weighted by molar-refractivity contribution is 5.10. The summed E-state index contributed by atoms with van der Waals surface area (Å²) in [6.45, 7) is 10.7. The van der Waals surface area contributed by atoms with Crippen molar-refractivity contribution in [2.24, 2.45) is 14.1 Å². The highest BCUT2D eigenvalue weighted by atomic mass is 15.3. The number of nitrogens with one attached hydrogen (secondary N) is 6. The van der Waals surface area contributed by atoms with Crippen molar-refractivity contribution < 1.29 is 0 Å². The van der Waals surface area contributed by atoms with E-state index in [1.807, 2.05) is 23.5 Å².